The molecule has 28 heavy (non-hydrogen) atoms. The van der Waals surface area contributed by atoms with Crippen molar-refractivity contribution in [3.05, 3.63) is 68.6 Å². The first-order chi connectivity index (χ1) is 13.3. The molecule has 0 aliphatic heterocycles. The standard InChI is InChI=1S/C19H19Cl2N3O4/c1-4-23(10-12(2)3)16(25)11-28-19(27)13-7-5-6-8-15(13)24-18(26)17(21)14(20)9-22-24/h5-9H,2,4,10-11H2,1,3H3. The van der Waals surface area contributed by atoms with Crippen LogP contribution in [0.4, 0.5) is 0 Å². The maximum absolute atomic E-state index is 12.5. The van der Waals surface area contributed by atoms with E-state index < -0.39 is 18.1 Å². The third kappa shape index (κ3) is 4.99. The molecule has 0 N–H and O–H groups in total. The molecule has 0 spiro atoms. The fraction of sp³-hybridized carbons (Fsp3) is 0.263. The fourth-order valence-corrected chi connectivity index (χ4v) is 2.67. The average Bonchev–Trinajstić information content (AvgIpc) is 2.68. The van der Waals surface area contributed by atoms with Crippen molar-refractivity contribution in [2.75, 3.05) is 19.7 Å². The zero-order chi connectivity index (χ0) is 20.8. The van der Waals surface area contributed by atoms with Crippen LogP contribution >= 0.6 is 23.2 Å². The molecular formula is C19H19Cl2N3O4. The largest absolute Gasteiger partial charge is 0.452 e. The van der Waals surface area contributed by atoms with Crippen LogP contribution in [0.3, 0.4) is 0 Å². The Morgan fingerprint density at radius 1 is 1.29 bits per heavy atom. The molecule has 1 amide bonds. The molecule has 2 aromatic rings. The molecule has 0 fully saturated rings. The van der Waals surface area contributed by atoms with Crippen molar-refractivity contribution in [2.24, 2.45) is 0 Å². The molecule has 1 heterocycles. The highest BCUT2D eigenvalue weighted by Gasteiger charge is 2.20. The Bertz CT molecular complexity index is 972. The van der Waals surface area contributed by atoms with Crippen LogP contribution in [-0.2, 0) is 9.53 Å². The van der Waals surface area contributed by atoms with E-state index in [0.717, 1.165) is 10.3 Å². The zero-order valence-electron chi connectivity index (χ0n) is 15.4. The Kier molecular flexibility index (Phi) is 7.37. The highest BCUT2D eigenvalue weighted by atomic mass is 35.5. The third-order valence-electron chi connectivity index (χ3n) is 3.75. The van der Waals surface area contributed by atoms with Gasteiger partial charge in [0, 0.05) is 13.1 Å². The summed E-state index contributed by atoms with van der Waals surface area (Å²) in [7, 11) is 0. The summed E-state index contributed by atoms with van der Waals surface area (Å²) in [4.78, 5) is 38.6. The first-order valence-electron chi connectivity index (χ1n) is 8.38. The smallest absolute Gasteiger partial charge is 0.340 e. The van der Waals surface area contributed by atoms with E-state index in [9.17, 15) is 14.4 Å². The van der Waals surface area contributed by atoms with Gasteiger partial charge in [-0.2, -0.15) is 9.78 Å². The van der Waals surface area contributed by atoms with Gasteiger partial charge in [-0.1, -0.05) is 47.5 Å². The molecule has 0 saturated carbocycles. The van der Waals surface area contributed by atoms with Gasteiger partial charge in [0.15, 0.2) is 6.61 Å². The Hall–Kier alpha value is -2.64. The first-order valence-corrected chi connectivity index (χ1v) is 9.13. The van der Waals surface area contributed by atoms with Gasteiger partial charge in [-0.15, -0.1) is 0 Å². The number of halogens is 2. The van der Waals surface area contributed by atoms with E-state index in [-0.39, 0.29) is 27.2 Å². The molecule has 1 aromatic carbocycles. The van der Waals surface area contributed by atoms with Crippen molar-refractivity contribution in [1.82, 2.24) is 14.7 Å². The van der Waals surface area contributed by atoms with Gasteiger partial charge in [0.1, 0.15) is 5.02 Å². The summed E-state index contributed by atoms with van der Waals surface area (Å²) >= 11 is 11.7. The van der Waals surface area contributed by atoms with Gasteiger partial charge in [0.05, 0.1) is 22.5 Å². The van der Waals surface area contributed by atoms with Gasteiger partial charge in [-0.05, 0) is 26.0 Å². The number of rotatable bonds is 7. The molecule has 0 bridgehead atoms. The topological polar surface area (TPSA) is 81.5 Å². The predicted molar refractivity (Wildman–Crippen MR) is 107 cm³/mol. The molecule has 148 valence electrons. The second-order valence-corrected chi connectivity index (χ2v) is 6.77. The van der Waals surface area contributed by atoms with Gasteiger partial charge in [-0.25, -0.2) is 4.79 Å². The molecule has 1 aromatic heterocycles. The summed E-state index contributed by atoms with van der Waals surface area (Å²) in [5.74, 6) is -1.11. The van der Waals surface area contributed by atoms with Crippen molar-refractivity contribution in [3.63, 3.8) is 0 Å². The number of para-hydroxylation sites is 1. The molecule has 0 unspecified atom stereocenters. The lowest BCUT2D eigenvalue weighted by molar-refractivity contribution is -0.133. The summed E-state index contributed by atoms with van der Waals surface area (Å²) < 4.78 is 6.10. The molecule has 0 aliphatic carbocycles. The van der Waals surface area contributed by atoms with Crippen molar-refractivity contribution in [2.45, 2.75) is 13.8 Å². The summed E-state index contributed by atoms with van der Waals surface area (Å²) in [6, 6.07) is 6.20. The maximum Gasteiger partial charge on any atom is 0.340 e. The number of aromatic nitrogens is 2. The number of ether oxygens (including phenoxy) is 1. The molecular weight excluding hydrogens is 405 g/mol. The molecule has 2 rings (SSSR count). The summed E-state index contributed by atoms with van der Waals surface area (Å²) in [6.07, 6.45) is 1.20. The van der Waals surface area contributed by atoms with E-state index in [1.807, 2.05) is 6.92 Å². The van der Waals surface area contributed by atoms with E-state index in [1.54, 1.807) is 19.1 Å². The van der Waals surface area contributed by atoms with E-state index >= 15 is 0 Å². The maximum atomic E-state index is 12.5. The van der Waals surface area contributed by atoms with Crippen molar-refractivity contribution < 1.29 is 14.3 Å². The summed E-state index contributed by atoms with van der Waals surface area (Å²) in [5.41, 5.74) is 0.366. The molecule has 0 radical (unpaired) electrons. The van der Waals surface area contributed by atoms with Crippen LogP contribution in [0.15, 0.2) is 47.4 Å². The average molecular weight is 424 g/mol. The van der Waals surface area contributed by atoms with Gasteiger partial charge < -0.3 is 9.64 Å². The lowest BCUT2D eigenvalue weighted by Gasteiger charge is -2.20. The minimum Gasteiger partial charge on any atom is -0.452 e. The second-order valence-electron chi connectivity index (χ2n) is 5.98. The second kappa shape index (κ2) is 9.52. The Balaban J connectivity index is 2.24. The van der Waals surface area contributed by atoms with E-state index in [2.05, 4.69) is 11.7 Å². The SMILES string of the molecule is C=C(C)CN(CC)C(=O)COC(=O)c1ccccc1-n1ncc(Cl)c(Cl)c1=O. The van der Waals surface area contributed by atoms with Crippen LogP contribution in [0.2, 0.25) is 10.0 Å². The number of esters is 1. The number of likely N-dealkylation sites (N-methyl/N-ethyl adjacent to an activating group) is 1. The van der Waals surface area contributed by atoms with Gasteiger partial charge in [0.2, 0.25) is 0 Å². The highest BCUT2D eigenvalue weighted by molar-refractivity contribution is 6.41. The molecule has 0 saturated heterocycles. The number of hydrogen-bond donors (Lipinski definition) is 0. The monoisotopic (exact) mass is 423 g/mol. The lowest BCUT2D eigenvalue weighted by Crippen LogP contribution is -2.35. The Labute approximate surface area is 172 Å². The van der Waals surface area contributed by atoms with E-state index in [0.29, 0.717) is 13.1 Å². The fourth-order valence-electron chi connectivity index (χ4n) is 2.41. The summed E-state index contributed by atoms with van der Waals surface area (Å²) in [6.45, 7) is 7.81. The number of benzene rings is 1. The summed E-state index contributed by atoms with van der Waals surface area (Å²) in [5, 5.41) is 3.71. The predicted octanol–water partition coefficient (Wildman–Crippen LogP) is 3.12. The van der Waals surface area contributed by atoms with Gasteiger partial charge in [-0.3, -0.25) is 9.59 Å². The molecule has 7 nitrogen and oxygen atoms in total. The van der Waals surface area contributed by atoms with Crippen molar-refractivity contribution in [1.29, 1.82) is 0 Å². The van der Waals surface area contributed by atoms with Crippen LogP contribution < -0.4 is 5.56 Å². The van der Waals surface area contributed by atoms with Crippen LogP contribution in [0.25, 0.3) is 5.69 Å². The van der Waals surface area contributed by atoms with Crippen LogP contribution in [0, 0.1) is 0 Å². The third-order valence-corrected chi connectivity index (χ3v) is 4.50. The van der Waals surface area contributed by atoms with Crippen molar-refractivity contribution >= 4 is 35.1 Å². The van der Waals surface area contributed by atoms with E-state index in [1.165, 1.54) is 23.2 Å². The van der Waals surface area contributed by atoms with Crippen molar-refractivity contribution in [3.8, 4) is 5.69 Å². The lowest BCUT2D eigenvalue weighted by atomic mass is 10.2. The first kappa shape index (κ1) is 21.7. The number of carbonyl (C=O) groups excluding carboxylic acids is 2. The quantitative estimate of drug-likeness (QED) is 0.504. The number of amides is 1. The highest BCUT2D eigenvalue weighted by Crippen LogP contribution is 2.18. The molecule has 0 atom stereocenters. The van der Waals surface area contributed by atoms with Crippen LogP contribution in [-0.4, -0.2) is 46.3 Å². The number of nitrogens with zero attached hydrogens (tertiary/aromatic N) is 3. The Morgan fingerprint density at radius 3 is 2.61 bits per heavy atom. The minimum atomic E-state index is -0.768. The molecule has 0 aliphatic rings. The minimum absolute atomic E-state index is 0.00531. The van der Waals surface area contributed by atoms with Gasteiger partial charge in [0.25, 0.3) is 11.5 Å². The molecule has 9 heteroatoms. The normalized spacial score (nSPS) is 10.4. The van der Waals surface area contributed by atoms with Gasteiger partial charge >= 0.3 is 5.97 Å². The number of hydrogen-bond acceptors (Lipinski definition) is 5. The number of carbonyl (C=O) groups is 2. The van der Waals surface area contributed by atoms with Crippen LogP contribution in [0.5, 0.6) is 0 Å². The van der Waals surface area contributed by atoms with E-state index in [4.69, 9.17) is 27.9 Å². The van der Waals surface area contributed by atoms with Crippen LogP contribution in [0.1, 0.15) is 24.2 Å². The Morgan fingerprint density at radius 2 is 1.96 bits per heavy atom. The zero-order valence-corrected chi connectivity index (χ0v) is 17.0.